The smallest absolute Gasteiger partial charge is 0.0233 e. The van der Waals surface area contributed by atoms with Crippen LogP contribution in [0.2, 0.25) is 0 Å². The molecule has 1 saturated heterocycles. The molecule has 0 aliphatic carbocycles. The molecule has 1 heterocycles. The maximum Gasteiger partial charge on any atom is 0.0233 e. The molecule has 0 radical (unpaired) electrons. The first-order valence-corrected chi connectivity index (χ1v) is 7.92. The molecule has 1 aliphatic heterocycles. The fraction of sp³-hybridized carbons (Fsp3) is 0.667. The number of hydrogen-bond donors (Lipinski definition) is 1. The molecule has 0 bridgehead atoms. The third-order valence-corrected chi connectivity index (χ3v) is 4.73. The van der Waals surface area contributed by atoms with E-state index in [1.807, 2.05) is 0 Å². The summed E-state index contributed by atoms with van der Waals surface area (Å²) in [6, 6.07) is 9.14. The fourth-order valence-corrected chi connectivity index (χ4v) is 3.04. The van der Waals surface area contributed by atoms with Crippen LogP contribution in [-0.4, -0.2) is 24.5 Å². The molecule has 1 aliphatic rings. The van der Waals surface area contributed by atoms with Crippen molar-refractivity contribution in [2.24, 2.45) is 17.6 Å². The van der Waals surface area contributed by atoms with Crippen LogP contribution in [0, 0.1) is 11.8 Å². The van der Waals surface area contributed by atoms with Crippen molar-refractivity contribution in [1.82, 2.24) is 4.90 Å². The predicted molar refractivity (Wildman–Crippen MR) is 86.7 cm³/mol. The van der Waals surface area contributed by atoms with Gasteiger partial charge in [-0.05, 0) is 47.9 Å². The molecule has 2 unspecified atom stereocenters. The standard InChI is InChI=1S/C18H30N2/c1-14-9-10-20(13-16(14)11-19)12-15-5-7-17(8-6-15)18(2,3)4/h5-8,14,16H,9-13,19H2,1-4H3. The average Bonchev–Trinajstić information content (AvgIpc) is 2.40. The molecule has 2 N–H and O–H groups in total. The molecular formula is C18H30N2. The van der Waals surface area contributed by atoms with E-state index < -0.39 is 0 Å². The van der Waals surface area contributed by atoms with Gasteiger partial charge >= 0.3 is 0 Å². The third-order valence-electron chi connectivity index (χ3n) is 4.73. The number of hydrogen-bond acceptors (Lipinski definition) is 2. The maximum absolute atomic E-state index is 5.89. The van der Waals surface area contributed by atoms with Gasteiger partial charge in [-0.15, -0.1) is 0 Å². The molecule has 0 amide bonds. The van der Waals surface area contributed by atoms with E-state index >= 15 is 0 Å². The predicted octanol–water partition coefficient (Wildman–Crippen LogP) is 3.40. The normalized spacial score (nSPS) is 24.9. The summed E-state index contributed by atoms with van der Waals surface area (Å²) in [6.45, 7) is 13.4. The largest absolute Gasteiger partial charge is 0.330 e. The first-order valence-electron chi connectivity index (χ1n) is 7.92. The zero-order chi connectivity index (χ0) is 14.8. The number of piperidine rings is 1. The molecule has 1 aromatic rings. The lowest BCUT2D eigenvalue weighted by molar-refractivity contribution is 0.126. The molecule has 2 rings (SSSR count). The Kier molecular flexibility index (Phi) is 4.87. The molecular weight excluding hydrogens is 244 g/mol. The van der Waals surface area contributed by atoms with Crippen LogP contribution in [0.4, 0.5) is 0 Å². The summed E-state index contributed by atoms with van der Waals surface area (Å²) in [5, 5.41) is 0. The van der Waals surface area contributed by atoms with Crippen molar-refractivity contribution >= 4 is 0 Å². The summed E-state index contributed by atoms with van der Waals surface area (Å²) >= 11 is 0. The van der Waals surface area contributed by atoms with Gasteiger partial charge in [-0.3, -0.25) is 4.90 Å². The van der Waals surface area contributed by atoms with Crippen LogP contribution in [0.3, 0.4) is 0 Å². The Morgan fingerprint density at radius 2 is 1.85 bits per heavy atom. The van der Waals surface area contributed by atoms with Gasteiger partial charge < -0.3 is 5.73 Å². The topological polar surface area (TPSA) is 29.3 Å². The first kappa shape index (κ1) is 15.5. The van der Waals surface area contributed by atoms with E-state index in [4.69, 9.17) is 5.73 Å². The molecule has 0 saturated carbocycles. The minimum absolute atomic E-state index is 0.240. The van der Waals surface area contributed by atoms with Crippen molar-refractivity contribution in [3.8, 4) is 0 Å². The SMILES string of the molecule is CC1CCN(Cc2ccc(C(C)(C)C)cc2)CC1CN. The summed E-state index contributed by atoms with van der Waals surface area (Å²) in [5.41, 5.74) is 8.96. The highest BCUT2D eigenvalue weighted by Crippen LogP contribution is 2.25. The van der Waals surface area contributed by atoms with E-state index in [9.17, 15) is 0 Å². The lowest BCUT2D eigenvalue weighted by Gasteiger charge is -2.36. The van der Waals surface area contributed by atoms with Gasteiger partial charge in [0.1, 0.15) is 0 Å². The fourth-order valence-electron chi connectivity index (χ4n) is 3.04. The van der Waals surface area contributed by atoms with Crippen molar-refractivity contribution < 1.29 is 0 Å². The quantitative estimate of drug-likeness (QED) is 0.915. The minimum atomic E-state index is 0.240. The van der Waals surface area contributed by atoms with Crippen LogP contribution in [0.15, 0.2) is 24.3 Å². The lowest BCUT2D eigenvalue weighted by atomic mass is 9.86. The highest BCUT2D eigenvalue weighted by Gasteiger charge is 2.25. The second-order valence-electron chi connectivity index (χ2n) is 7.44. The van der Waals surface area contributed by atoms with Crippen LogP contribution in [0.5, 0.6) is 0 Å². The lowest BCUT2D eigenvalue weighted by Crippen LogP contribution is -2.42. The van der Waals surface area contributed by atoms with Crippen molar-refractivity contribution in [3.63, 3.8) is 0 Å². The van der Waals surface area contributed by atoms with Crippen LogP contribution in [0.1, 0.15) is 45.2 Å². The maximum atomic E-state index is 5.89. The van der Waals surface area contributed by atoms with Crippen LogP contribution in [-0.2, 0) is 12.0 Å². The Labute approximate surface area is 124 Å². The van der Waals surface area contributed by atoms with Gasteiger partial charge in [0.05, 0.1) is 0 Å². The Balaban J connectivity index is 1.97. The molecule has 0 aromatic heterocycles. The molecule has 112 valence electrons. The van der Waals surface area contributed by atoms with E-state index in [2.05, 4.69) is 56.9 Å². The summed E-state index contributed by atoms with van der Waals surface area (Å²) in [6.07, 6.45) is 1.28. The summed E-state index contributed by atoms with van der Waals surface area (Å²) < 4.78 is 0. The number of likely N-dealkylation sites (tertiary alicyclic amines) is 1. The zero-order valence-corrected chi connectivity index (χ0v) is 13.5. The van der Waals surface area contributed by atoms with E-state index in [0.29, 0.717) is 5.92 Å². The van der Waals surface area contributed by atoms with E-state index in [-0.39, 0.29) is 5.41 Å². The van der Waals surface area contributed by atoms with Gasteiger partial charge in [0.2, 0.25) is 0 Å². The number of rotatable bonds is 3. The number of benzene rings is 1. The Morgan fingerprint density at radius 1 is 1.20 bits per heavy atom. The van der Waals surface area contributed by atoms with Gasteiger partial charge in [-0.2, -0.15) is 0 Å². The van der Waals surface area contributed by atoms with Crippen LogP contribution in [0.25, 0.3) is 0 Å². The first-order chi connectivity index (χ1) is 9.40. The number of nitrogens with zero attached hydrogens (tertiary/aromatic N) is 1. The van der Waals surface area contributed by atoms with Crippen molar-refractivity contribution in [3.05, 3.63) is 35.4 Å². The van der Waals surface area contributed by atoms with Crippen molar-refractivity contribution in [1.29, 1.82) is 0 Å². The van der Waals surface area contributed by atoms with E-state index in [1.54, 1.807) is 0 Å². The van der Waals surface area contributed by atoms with Crippen molar-refractivity contribution in [2.45, 2.75) is 46.1 Å². The van der Waals surface area contributed by atoms with Gasteiger partial charge in [-0.1, -0.05) is 52.0 Å². The average molecular weight is 274 g/mol. The Morgan fingerprint density at radius 3 is 2.40 bits per heavy atom. The molecule has 1 fully saturated rings. The zero-order valence-electron chi connectivity index (χ0n) is 13.5. The molecule has 2 nitrogen and oxygen atoms in total. The highest BCUT2D eigenvalue weighted by atomic mass is 15.1. The summed E-state index contributed by atoms with van der Waals surface area (Å²) in [4.78, 5) is 2.56. The molecule has 2 atom stereocenters. The van der Waals surface area contributed by atoms with Crippen LogP contribution < -0.4 is 5.73 Å². The van der Waals surface area contributed by atoms with Crippen LogP contribution >= 0.6 is 0 Å². The Bertz CT molecular complexity index is 416. The van der Waals surface area contributed by atoms with Crippen molar-refractivity contribution in [2.75, 3.05) is 19.6 Å². The van der Waals surface area contributed by atoms with E-state index in [0.717, 1.165) is 25.6 Å². The van der Waals surface area contributed by atoms with Gasteiger partial charge in [0.15, 0.2) is 0 Å². The Hall–Kier alpha value is -0.860. The molecule has 1 aromatic carbocycles. The highest BCUT2D eigenvalue weighted by molar-refractivity contribution is 5.27. The second-order valence-corrected chi connectivity index (χ2v) is 7.44. The molecule has 2 heteroatoms. The number of nitrogens with two attached hydrogens (primary N) is 1. The summed E-state index contributed by atoms with van der Waals surface area (Å²) in [5.74, 6) is 1.44. The second kappa shape index (κ2) is 6.28. The van der Waals surface area contributed by atoms with Gasteiger partial charge in [0, 0.05) is 13.1 Å². The van der Waals surface area contributed by atoms with Gasteiger partial charge in [0.25, 0.3) is 0 Å². The van der Waals surface area contributed by atoms with E-state index in [1.165, 1.54) is 24.1 Å². The summed E-state index contributed by atoms with van der Waals surface area (Å²) in [7, 11) is 0. The minimum Gasteiger partial charge on any atom is -0.330 e. The monoisotopic (exact) mass is 274 g/mol. The van der Waals surface area contributed by atoms with Gasteiger partial charge in [-0.25, -0.2) is 0 Å². The molecule has 0 spiro atoms. The third kappa shape index (κ3) is 3.83. The molecule has 20 heavy (non-hydrogen) atoms.